The van der Waals surface area contributed by atoms with Gasteiger partial charge >= 0.3 is 0 Å². The van der Waals surface area contributed by atoms with Crippen LogP contribution in [0.2, 0.25) is 0 Å². The summed E-state index contributed by atoms with van der Waals surface area (Å²) in [5.41, 5.74) is 2.97. The molecule has 1 aliphatic rings. The van der Waals surface area contributed by atoms with Crippen LogP contribution in [0.4, 0.5) is 0 Å². The van der Waals surface area contributed by atoms with Gasteiger partial charge in [0.05, 0.1) is 31.8 Å². The Morgan fingerprint density at radius 2 is 2.17 bits per heavy atom. The van der Waals surface area contributed by atoms with E-state index >= 15 is 0 Å². The van der Waals surface area contributed by atoms with Crippen LogP contribution in [0.25, 0.3) is 0 Å². The molecule has 1 aromatic carbocycles. The number of carbonyl (C=O) groups excluding carboxylic acids is 2. The highest BCUT2D eigenvalue weighted by molar-refractivity contribution is 5.88. The summed E-state index contributed by atoms with van der Waals surface area (Å²) in [5.74, 6) is 0.669. The minimum absolute atomic E-state index is 0.0754. The third-order valence-electron chi connectivity index (χ3n) is 5.21. The highest BCUT2D eigenvalue weighted by Crippen LogP contribution is 2.21. The molecule has 1 aliphatic heterocycles. The summed E-state index contributed by atoms with van der Waals surface area (Å²) < 4.78 is 5.32. The normalized spacial score (nSPS) is 16.9. The van der Waals surface area contributed by atoms with Gasteiger partial charge in [0.25, 0.3) is 0 Å². The number of pyridine rings is 1. The van der Waals surface area contributed by atoms with Crippen LogP contribution >= 0.6 is 0 Å². The number of carbonyl (C=O) groups is 2. The molecule has 0 saturated carbocycles. The van der Waals surface area contributed by atoms with Crippen molar-refractivity contribution < 1.29 is 14.3 Å². The third-order valence-corrected chi connectivity index (χ3v) is 5.21. The Hall–Kier alpha value is -2.93. The van der Waals surface area contributed by atoms with Crippen LogP contribution < -0.4 is 10.1 Å². The fourth-order valence-electron chi connectivity index (χ4n) is 3.59. The van der Waals surface area contributed by atoms with Gasteiger partial charge in [-0.05, 0) is 36.2 Å². The average molecular weight is 396 g/mol. The number of nitrogens with zero attached hydrogens (tertiary/aromatic N) is 3. The SMILES string of the molecule is COc1ccc(CN2CCNC(=O)[C@@H]2CC(=O)N(C)Cc2ccccn2)cc1C. The first kappa shape index (κ1) is 20.8. The molecule has 2 aromatic rings. The Morgan fingerprint density at radius 1 is 1.34 bits per heavy atom. The van der Waals surface area contributed by atoms with Gasteiger partial charge in [-0.1, -0.05) is 18.2 Å². The van der Waals surface area contributed by atoms with E-state index in [1.54, 1.807) is 25.3 Å². The Kier molecular flexibility index (Phi) is 6.82. The lowest BCUT2D eigenvalue weighted by Crippen LogP contribution is -2.56. The number of amides is 2. The summed E-state index contributed by atoms with van der Waals surface area (Å²) in [6.07, 6.45) is 1.85. The van der Waals surface area contributed by atoms with Crippen molar-refractivity contribution in [3.05, 3.63) is 59.4 Å². The molecule has 0 radical (unpaired) electrons. The molecule has 29 heavy (non-hydrogen) atoms. The Balaban J connectivity index is 1.67. The Bertz CT molecular complexity index is 856. The van der Waals surface area contributed by atoms with E-state index in [0.29, 0.717) is 26.2 Å². The first-order valence-electron chi connectivity index (χ1n) is 9.77. The van der Waals surface area contributed by atoms with Gasteiger partial charge in [-0.3, -0.25) is 19.5 Å². The van der Waals surface area contributed by atoms with Crippen LogP contribution in [0.15, 0.2) is 42.6 Å². The van der Waals surface area contributed by atoms with Crippen LogP contribution in [0.3, 0.4) is 0 Å². The molecule has 154 valence electrons. The van der Waals surface area contributed by atoms with Crippen molar-refractivity contribution in [3.8, 4) is 5.75 Å². The highest BCUT2D eigenvalue weighted by Gasteiger charge is 2.32. The van der Waals surface area contributed by atoms with Gasteiger partial charge in [-0.25, -0.2) is 0 Å². The molecular weight excluding hydrogens is 368 g/mol. The molecule has 1 fully saturated rings. The first-order valence-corrected chi connectivity index (χ1v) is 9.77. The van der Waals surface area contributed by atoms with Crippen molar-refractivity contribution in [2.24, 2.45) is 0 Å². The topological polar surface area (TPSA) is 74.8 Å². The molecule has 0 spiro atoms. The summed E-state index contributed by atoms with van der Waals surface area (Å²) in [7, 11) is 3.40. The highest BCUT2D eigenvalue weighted by atomic mass is 16.5. The maximum absolute atomic E-state index is 12.8. The summed E-state index contributed by atoms with van der Waals surface area (Å²) in [5, 5.41) is 2.89. The number of hydrogen-bond donors (Lipinski definition) is 1. The van der Waals surface area contributed by atoms with Crippen LogP contribution in [-0.4, -0.2) is 59.9 Å². The van der Waals surface area contributed by atoms with Crippen molar-refractivity contribution >= 4 is 11.8 Å². The zero-order valence-electron chi connectivity index (χ0n) is 17.2. The van der Waals surface area contributed by atoms with E-state index in [0.717, 1.165) is 22.6 Å². The number of nitrogens with one attached hydrogen (secondary N) is 1. The molecule has 2 heterocycles. The van der Waals surface area contributed by atoms with Gasteiger partial charge in [0.2, 0.25) is 11.8 Å². The second kappa shape index (κ2) is 9.52. The second-order valence-corrected chi connectivity index (χ2v) is 7.36. The lowest BCUT2D eigenvalue weighted by molar-refractivity contribution is -0.138. The van der Waals surface area contributed by atoms with Crippen molar-refractivity contribution in [1.82, 2.24) is 20.1 Å². The fraction of sp³-hybridized carbons (Fsp3) is 0.409. The maximum atomic E-state index is 12.8. The second-order valence-electron chi connectivity index (χ2n) is 7.36. The summed E-state index contributed by atoms with van der Waals surface area (Å²) in [6.45, 7) is 4.33. The van der Waals surface area contributed by atoms with E-state index in [-0.39, 0.29) is 18.2 Å². The lowest BCUT2D eigenvalue weighted by atomic mass is 10.0. The molecule has 0 bridgehead atoms. The largest absolute Gasteiger partial charge is 0.496 e. The number of benzene rings is 1. The quantitative estimate of drug-likeness (QED) is 0.772. The van der Waals surface area contributed by atoms with E-state index in [9.17, 15) is 9.59 Å². The van der Waals surface area contributed by atoms with Crippen LogP contribution in [-0.2, 0) is 22.7 Å². The minimum Gasteiger partial charge on any atom is -0.496 e. The third kappa shape index (κ3) is 5.32. The van der Waals surface area contributed by atoms with E-state index in [4.69, 9.17) is 4.74 Å². The molecule has 1 aromatic heterocycles. The van der Waals surface area contributed by atoms with Gasteiger partial charge in [0.1, 0.15) is 5.75 Å². The Morgan fingerprint density at radius 3 is 2.86 bits per heavy atom. The summed E-state index contributed by atoms with van der Waals surface area (Å²) in [6, 6.07) is 11.2. The number of aromatic nitrogens is 1. The lowest BCUT2D eigenvalue weighted by Gasteiger charge is -2.35. The molecule has 0 unspecified atom stereocenters. The maximum Gasteiger partial charge on any atom is 0.237 e. The van der Waals surface area contributed by atoms with Gasteiger partial charge < -0.3 is 15.0 Å². The molecule has 7 nitrogen and oxygen atoms in total. The minimum atomic E-state index is -0.482. The van der Waals surface area contributed by atoms with Gasteiger partial charge in [0.15, 0.2) is 0 Å². The molecule has 2 amide bonds. The number of piperazine rings is 1. The van der Waals surface area contributed by atoms with Crippen molar-refractivity contribution in [1.29, 1.82) is 0 Å². The van der Waals surface area contributed by atoms with E-state index in [2.05, 4.69) is 21.3 Å². The molecule has 1 N–H and O–H groups in total. The molecular formula is C22H28N4O3. The fourth-order valence-corrected chi connectivity index (χ4v) is 3.59. The molecule has 1 saturated heterocycles. The number of methoxy groups -OCH3 is 1. The Labute approximate surface area is 171 Å². The number of ether oxygens (including phenoxy) is 1. The average Bonchev–Trinajstić information content (AvgIpc) is 2.71. The number of hydrogen-bond acceptors (Lipinski definition) is 5. The smallest absolute Gasteiger partial charge is 0.237 e. The summed E-state index contributed by atoms with van der Waals surface area (Å²) >= 11 is 0. The zero-order chi connectivity index (χ0) is 20.8. The standard InChI is InChI=1S/C22H28N4O3/c1-16-12-17(7-8-20(16)29-3)14-26-11-10-24-22(28)19(26)13-21(27)25(2)15-18-6-4-5-9-23-18/h4-9,12,19H,10-11,13-15H2,1-3H3,(H,24,28)/t19-/m0/s1. The molecule has 1 atom stereocenters. The van der Waals surface area contributed by atoms with Crippen molar-refractivity contribution in [3.63, 3.8) is 0 Å². The van der Waals surface area contributed by atoms with Gasteiger partial charge in [0, 0.05) is 32.9 Å². The van der Waals surface area contributed by atoms with Crippen LogP contribution in [0.5, 0.6) is 5.75 Å². The van der Waals surface area contributed by atoms with Gasteiger partial charge in [-0.15, -0.1) is 0 Å². The van der Waals surface area contributed by atoms with Crippen molar-refractivity contribution in [2.45, 2.75) is 32.5 Å². The van der Waals surface area contributed by atoms with Crippen molar-refractivity contribution in [2.75, 3.05) is 27.2 Å². The molecule has 3 rings (SSSR count). The summed E-state index contributed by atoms with van der Waals surface area (Å²) in [4.78, 5) is 33.3. The zero-order valence-corrected chi connectivity index (χ0v) is 17.2. The predicted octanol–water partition coefficient (Wildman–Crippen LogP) is 1.75. The van der Waals surface area contributed by atoms with E-state index in [1.165, 1.54) is 0 Å². The van der Waals surface area contributed by atoms with E-state index < -0.39 is 6.04 Å². The number of rotatable bonds is 7. The first-order chi connectivity index (χ1) is 14.0. The molecule has 0 aliphatic carbocycles. The molecule has 7 heteroatoms. The van der Waals surface area contributed by atoms with E-state index in [1.807, 2.05) is 37.3 Å². The number of aryl methyl sites for hydroxylation is 1. The predicted molar refractivity (Wildman–Crippen MR) is 110 cm³/mol. The van der Waals surface area contributed by atoms with Crippen LogP contribution in [0.1, 0.15) is 23.2 Å². The van der Waals surface area contributed by atoms with Gasteiger partial charge in [-0.2, -0.15) is 0 Å². The van der Waals surface area contributed by atoms with Crippen LogP contribution in [0, 0.1) is 6.92 Å². The monoisotopic (exact) mass is 396 g/mol.